The molecule has 1 saturated carbocycles. The number of imide groups is 2. The highest BCUT2D eigenvalue weighted by Gasteiger charge is 2.70. The quantitative estimate of drug-likeness (QED) is 0.238. The van der Waals surface area contributed by atoms with Crippen molar-refractivity contribution < 1.29 is 38.1 Å². The molecule has 2 heterocycles. The van der Waals surface area contributed by atoms with Crippen LogP contribution in [0.3, 0.4) is 0 Å². The van der Waals surface area contributed by atoms with Crippen LogP contribution in [0.2, 0.25) is 5.02 Å². The van der Waals surface area contributed by atoms with Crippen LogP contribution in [0.5, 0.6) is 17.2 Å². The van der Waals surface area contributed by atoms with E-state index in [1.54, 1.807) is 36.4 Å². The summed E-state index contributed by atoms with van der Waals surface area (Å²) in [5, 5.41) is 12.3. The monoisotopic (exact) mass is 701 g/mol. The number of likely N-dealkylation sites (tertiary alicyclic amines) is 1. The summed E-state index contributed by atoms with van der Waals surface area (Å²) in [6, 6.07) is 15.3. The number of ether oxygens (including phenoxy) is 2. The first-order valence-electron chi connectivity index (χ1n) is 16.4. The van der Waals surface area contributed by atoms with Gasteiger partial charge >= 0.3 is 0 Å². The average Bonchev–Trinajstić information content (AvgIpc) is 3.47. The van der Waals surface area contributed by atoms with Gasteiger partial charge in [0.15, 0.2) is 11.5 Å². The Labute approximate surface area is 293 Å². The number of anilines is 1. The molecule has 2 saturated heterocycles. The Kier molecular flexibility index (Phi) is 7.97. The second kappa shape index (κ2) is 11.9. The standard InChI is InChI=1S/C38H37ClFN3O7/c1-37(2,3)42-33(45)25-15-14-24-26(30(25)35(42)47)18-27-34(46)43(41-23-12-10-22(40)11-13-23)36(48)38(27,20-6-8-21(39)9-7-20)31(24)19-16-28(49-4)32(44)29(17-19)50-5/h6-14,16-17,25-27,30-31,41,44H,15,18H2,1-5H3/t25-,26+,27-,30-,31-,38+/m0/s1. The van der Waals surface area contributed by atoms with Gasteiger partial charge < -0.3 is 14.6 Å². The molecule has 0 radical (unpaired) electrons. The van der Waals surface area contributed by atoms with Gasteiger partial charge in [0, 0.05) is 16.5 Å². The van der Waals surface area contributed by atoms with Gasteiger partial charge in [0.05, 0.1) is 43.1 Å². The molecule has 0 bridgehead atoms. The van der Waals surface area contributed by atoms with Crippen molar-refractivity contribution in [3.8, 4) is 17.2 Å². The van der Waals surface area contributed by atoms with E-state index in [1.165, 1.54) is 43.4 Å². The molecule has 0 spiro atoms. The number of methoxy groups -OCH3 is 2. The number of phenolic OH excluding ortho intramolecular Hbond substituents is 1. The predicted octanol–water partition coefficient (Wildman–Crippen LogP) is 5.99. The van der Waals surface area contributed by atoms with E-state index in [9.17, 15) is 23.9 Å². The molecule has 3 fully saturated rings. The van der Waals surface area contributed by atoms with Crippen LogP contribution >= 0.6 is 11.6 Å². The van der Waals surface area contributed by atoms with Crippen LogP contribution < -0.4 is 14.9 Å². The van der Waals surface area contributed by atoms with Crippen LogP contribution in [0.1, 0.15) is 50.7 Å². The van der Waals surface area contributed by atoms with Gasteiger partial charge in [0.1, 0.15) is 5.82 Å². The zero-order valence-corrected chi connectivity index (χ0v) is 29.0. The van der Waals surface area contributed by atoms with E-state index in [1.807, 2.05) is 26.8 Å². The molecule has 3 aromatic carbocycles. The second-order valence-corrected chi connectivity index (χ2v) is 14.8. The van der Waals surface area contributed by atoms with Crippen molar-refractivity contribution in [1.82, 2.24) is 9.91 Å². The van der Waals surface area contributed by atoms with Gasteiger partial charge in [0.2, 0.25) is 17.6 Å². The predicted molar refractivity (Wildman–Crippen MR) is 182 cm³/mol. The first-order chi connectivity index (χ1) is 23.7. The highest BCUT2D eigenvalue weighted by atomic mass is 35.5. The van der Waals surface area contributed by atoms with Crippen LogP contribution in [0.15, 0.2) is 72.3 Å². The summed E-state index contributed by atoms with van der Waals surface area (Å²) in [7, 11) is 2.79. The molecule has 260 valence electrons. The third kappa shape index (κ3) is 4.80. The van der Waals surface area contributed by atoms with Crippen molar-refractivity contribution >= 4 is 40.9 Å². The molecule has 3 aromatic rings. The lowest BCUT2D eigenvalue weighted by Crippen LogP contribution is -2.53. The summed E-state index contributed by atoms with van der Waals surface area (Å²) in [5.74, 6) is -6.09. The minimum atomic E-state index is -1.59. The SMILES string of the molecule is COc1cc([C@H]2C3=CC[C@@H]4C(=O)N(C(C)(C)C)C(=O)[C@@H]4[C@@H]3C[C@H]3C(=O)N(Nc4ccc(F)cc4)C(=O)[C@@]23c2ccc(Cl)cc2)cc(OC)c1O. The summed E-state index contributed by atoms with van der Waals surface area (Å²) in [6.45, 7) is 5.45. The van der Waals surface area contributed by atoms with E-state index in [-0.39, 0.29) is 41.9 Å². The van der Waals surface area contributed by atoms with Gasteiger partial charge in [-0.25, -0.2) is 4.39 Å². The van der Waals surface area contributed by atoms with Crippen molar-refractivity contribution in [3.05, 3.63) is 94.3 Å². The first-order valence-corrected chi connectivity index (χ1v) is 16.8. The number of hydrogen-bond acceptors (Lipinski definition) is 8. The molecule has 2 aliphatic carbocycles. The molecule has 50 heavy (non-hydrogen) atoms. The summed E-state index contributed by atoms with van der Waals surface area (Å²) < 4.78 is 25.0. The van der Waals surface area contributed by atoms with E-state index in [0.29, 0.717) is 21.8 Å². The number of hydrogen-bond donors (Lipinski definition) is 2. The molecule has 4 amide bonds. The maximum absolute atomic E-state index is 15.3. The van der Waals surface area contributed by atoms with Gasteiger partial charge in [-0.05, 0) is 99.2 Å². The van der Waals surface area contributed by atoms with Crippen LogP contribution in [0.4, 0.5) is 10.1 Å². The smallest absolute Gasteiger partial charge is 0.260 e. The Morgan fingerprint density at radius 3 is 2.10 bits per heavy atom. The van der Waals surface area contributed by atoms with Crippen molar-refractivity contribution in [2.24, 2.45) is 23.7 Å². The number of nitrogens with one attached hydrogen (secondary N) is 1. The van der Waals surface area contributed by atoms with E-state index in [0.717, 1.165) is 10.6 Å². The van der Waals surface area contributed by atoms with E-state index in [4.69, 9.17) is 21.1 Å². The zero-order chi connectivity index (χ0) is 35.9. The number of fused-ring (bicyclic) bond motifs is 4. The van der Waals surface area contributed by atoms with E-state index in [2.05, 4.69) is 5.43 Å². The van der Waals surface area contributed by atoms with E-state index >= 15 is 4.79 Å². The fraction of sp³-hybridized carbons (Fsp3) is 0.368. The number of carbonyl (C=O) groups is 4. The lowest BCUT2D eigenvalue weighted by molar-refractivity contribution is -0.146. The minimum absolute atomic E-state index is 0.0858. The molecule has 7 rings (SSSR count). The fourth-order valence-electron chi connectivity index (χ4n) is 8.77. The third-order valence-electron chi connectivity index (χ3n) is 10.8. The Balaban J connectivity index is 1.49. The maximum atomic E-state index is 15.3. The number of halogens is 2. The molecule has 6 atom stereocenters. The van der Waals surface area contributed by atoms with Gasteiger partial charge in [-0.1, -0.05) is 35.4 Å². The number of benzene rings is 3. The summed E-state index contributed by atoms with van der Waals surface area (Å²) >= 11 is 6.36. The third-order valence-corrected chi connectivity index (χ3v) is 11.0. The molecule has 0 aromatic heterocycles. The Morgan fingerprint density at radius 2 is 1.52 bits per heavy atom. The second-order valence-electron chi connectivity index (χ2n) is 14.3. The Hall–Kier alpha value is -4.90. The molecule has 0 unspecified atom stereocenters. The highest BCUT2D eigenvalue weighted by Crippen LogP contribution is 2.65. The summed E-state index contributed by atoms with van der Waals surface area (Å²) in [5.41, 5.74) is 2.63. The number of nitrogens with zero attached hydrogens (tertiary/aromatic N) is 2. The number of amides is 4. The summed E-state index contributed by atoms with van der Waals surface area (Å²) in [4.78, 5) is 59.4. The van der Waals surface area contributed by atoms with Crippen molar-refractivity contribution in [1.29, 1.82) is 0 Å². The number of allylic oxidation sites excluding steroid dienone is 2. The zero-order valence-electron chi connectivity index (χ0n) is 28.2. The fourth-order valence-corrected chi connectivity index (χ4v) is 8.90. The average molecular weight is 702 g/mol. The molecule has 2 aliphatic heterocycles. The normalized spacial score (nSPS) is 27.5. The maximum Gasteiger partial charge on any atom is 0.260 e. The molecule has 10 nitrogen and oxygen atoms in total. The number of rotatable bonds is 6. The number of aromatic hydroxyl groups is 1. The lowest BCUT2D eigenvalue weighted by atomic mass is 9.49. The van der Waals surface area contributed by atoms with Gasteiger partial charge in [0.25, 0.3) is 11.8 Å². The van der Waals surface area contributed by atoms with Crippen LogP contribution in [-0.4, -0.2) is 58.4 Å². The Bertz CT molecular complexity index is 1930. The van der Waals surface area contributed by atoms with Crippen LogP contribution in [0, 0.1) is 29.5 Å². The van der Waals surface area contributed by atoms with Crippen molar-refractivity contribution in [2.45, 2.75) is 50.5 Å². The number of phenols is 1. The minimum Gasteiger partial charge on any atom is -0.502 e. The van der Waals surface area contributed by atoms with Crippen LogP contribution in [0.25, 0.3) is 0 Å². The van der Waals surface area contributed by atoms with Crippen LogP contribution in [-0.2, 0) is 24.6 Å². The van der Waals surface area contributed by atoms with E-state index < -0.39 is 58.2 Å². The molecular weight excluding hydrogens is 665 g/mol. The summed E-state index contributed by atoms with van der Waals surface area (Å²) in [6.07, 6.45) is 2.31. The van der Waals surface area contributed by atoms with Gasteiger partial charge in [-0.15, -0.1) is 0 Å². The molecular formula is C38H37ClFN3O7. The van der Waals surface area contributed by atoms with Gasteiger partial charge in [-0.3, -0.25) is 29.5 Å². The molecule has 4 aliphatic rings. The number of hydrazine groups is 1. The Morgan fingerprint density at radius 1 is 0.900 bits per heavy atom. The first kappa shape index (κ1) is 33.6. The largest absolute Gasteiger partial charge is 0.502 e. The highest BCUT2D eigenvalue weighted by molar-refractivity contribution is 6.30. The molecule has 12 heteroatoms. The van der Waals surface area contributed by atoms with Crippen molar-refractivity contribution in [2.75, 3.05) is 19.6 Å². The number of carbonyl (C=O) groups excluding carboxylic acids is 4. The molecule has 2 N–H and O–H groups in total. The van der Waals surface area contributed by atoms with Gasteiger partial charge in [-0.2, -0.15) is 5.01 Å². The van der Waals surface area contributed by atoms with Crippen molar-refractivity contribution in [3.63, 3.8) is 0 Å². The lowest BCUT2D eigenvalue weighted by Gasteiger charge is -2.50. The topological polar surface area (TPSA) is 125 Å².